The van der Waals surface area contributed by atoms with Gasteiger partial charge in [0.05, 0.1) is 0 Å². The first-order valence-electron chi connectivity index (χ1n) is 5.58. The number of methoxy groups -OCH3 is 1. The molecule has 0 aromatic rings. The molecule has 2 nitrogen and oxygen atoms in total. The molecule has 0 saturated heterocycles. The third-order valence-electron chi connectivity index (χ3n) is 2.16. The lowest BCUT2D eigenvalue weighted by Gasteiger charge is -2.20. The van der Waals surface area contributed by atoms with Crippen LogP contribution in [0.15, 0.2) is 0 Å². The average Bonchev–Trinajstić information content (AvgIpc) is 2.22. The van der Waals surface area contributed by atoms with Crippen molar-refractivity contribution in [2.24, 2.45) is 0 Å². The quantitative estimate of drug-likeness (QED) is 0.371. The molecule has 80 valence electrons. The van der Waals surface area contributed by atoms with Crippen molar-refractivity contribution in [1.82, 2.24) is 0 Å². The maximum atomic E-state index is 10.5. The summed E-state index contributed by atoms with van der Waals surface area (Å²) in [5.74, 6) is 6.08. The van der Waals surface area contributed by atoms with E-state index in [4.69, 9.17) is 6.11 Å². The minimum absolute atomic E-state index is 0.201. The summed E-state index contributed by atoms with van der Waals surface area (Å²) in [6, 6.07) is 0. The molecule has 0 aliphatic heterocycles. The summed E-state index contributed by atoms with van der Waals surface area (Å²) < 4.78 is 12.1. The summed E-state index contributed by atoms with van der Waals surface area (Å²) in [7, 11) is 1.59. The largest absolute Gasteiger partial charge is 0.366 e. The van der Waals surface area contributed by atoms with Gasteiger partial charge >= 0.3 is 0 Å². The highest BCUT2D eigenvalue weighted by Gasteiger charge is 2.19. The van der Waals surface area contributed by atoms with E-state index in [1.165, 1.54) is 0 Å². The Kier molecular flexibility index (Phi) is 6.10. The van der Waals surface area contributed by atoms with Crippen LogP contribution in [0.4, 0.5) is 0 Å². The normalized spacial score (nSPS) is 14.9. The molecule has 2 heteroatoms. The molecule has 0 aliphatic carbocycles. The third kappa shape index (κ3) is 5.77. The fourth-order valence-electron chi connectivity index (χ4n) is 1.02. The summed E-state index contributed by atoms with van der Waals surface area (Å²) in [4.78, 5) is 10.5. The lowest BCUT2D eigenvalue weighted by molar-refractivity contribution is -0.108. The first-order chi connectivity index (χ1) is 7.04. The highest BCUT2D eigenvalue weighted by Crippen LogP contribution is 2.14. The Morgan fingerprint density at radius 1 is 1.64 bits per heavy atom. The predicted octanol–water partition coefficient (Wildman–Crippen LogP) is 2.56. The molecule has 0 radical (unpaired) electrons. The van der Waals surface area contributed by atoms with Gasteiger partial charge in [0.25, 0.3) is 0 Å². The molecule has 1 atom stereocenters. The van der Waals surface area contributed by atoms with Crippen molar-refractivity contribution in [3.63, 3.8) is 0 Å². The second-order valence-electron chi connectivity index (χ2n) is 3.48. The van der Waals surface area contributed by atoms with Crippen molar-refractivity contribution < 1.29 is 10.9 Å². The molecule has 0 fully saturated rings. The zero-order chi connectivity index (χ0) is 11.7. The van der Waals surface area contributed by atoms with Crippen LogP contribution in [0.5, 0.6) is 0 Å². The van der Waals surface area contributed by atoms with Crippen LogP contribution >= 0.6 is 0 Å². The Balaban J connectivity index is 4.14. The van der Waals surface area contributed by atoms with E-state index in [1.54, 1.807) is 7.11 Å². The van der Waals surface area contributed by atoms with E-state index in [-0.39, 0.29) is 6.42 Å². The van der Waals surface area contributed by atoms with E-state index in [0.29, 0.717) is 6.42 Å². The third-order valence-corrected chi connectivity index (χ3v) is 2.16. The fourth-order valence-corrected chi connectivity index (χ4v) is 1.02. The molecule has 1 unspecified atom stereocenters. The first-order valence-corrected chi connectivity index (χ1v) is 5.08. The van der Waals surface area contributed by atoms with Gasteiger partial charge in [0.2, 0.25) is 0 Å². The molecule has 0 N–H and O–H groups in total. The molecule has 0 aromatic carbocycles. The van der Waals surface area contributed by atoms with Gasteiger partial charge in [-0.3, -0.25) is 0 Å². The van der Waals surface area contributed by atoms with E-state index in [9.17, 15) is 4.79 Å². The average molecular weight is 197 g/mol. The molecule has 0 amide bonds. The minimum atomic E-state index is -0.579. The van der Waals surface area contributed by atoms with Gasteiger partial charge in [0.15, 0.2) is 0 Å². The number of hydrogen-bond donors (Lipinski definition) is 0. The minimum Gasteiger partial charge on any atom is -0.366 e. The molecule has 0 aliphatic rings. The van der Waals surface area contributed by atoms with E-state index < -0.39 is 11.9 Å². The highest BCUT2D eigenvalue weighted by atomic mass is 16.5. The molecular formula is C12H20O2. The Morgan fingerprint density at radius 3 is 2.86 bits per heavy atom. The van der Waals surface area contributed by atoms with Gasteiger partial charge < -0.3 is 9.53 Å². The predicted molar refractivity (Wildman–Crippen MR) is 58.0 cm³/mol. The van der Waals surface area contributed by atoms with Crippen LogP contribution in [0.2, 0.25) is 0 Å². The molecule has 0 saturated carbocycles. The number of aldehydes is 1. The van der Waals surface area contributed by atoms with Gasteiger partial charge in [-0.05, 0) is 19.8 Å². The van der Waals surface area contributed by atoms with Crippen LogP contribution < -0.4 is 0 Å². The number of unbranched alkanes of at least 4 members (excludes halogenated alkanes) is 2. The summed E-state index contributed by atoms with van der Waals surface area (Å²) in [5.41, 5.74) is -0.579. The van der Waals surface area contributed by atoms with Crippen LogP contribution in [0.3, 0.4) is 0 Å². The molecule has 0 bridgehead atoms. The standard InChI is InChI=1S/C12H20O2/c1-4-5-6-7-9-12(2,14-3)10-8-11-13/h11H,4-6,8,10H2,1-3H3/i11D. The Hall–Kier alpha value is -0.810. The summed E-state index contributed by atoms with van der Waals surface area (Å²) in [5, 5.41) is 0. The molecule has 0 aromatic heterocycles. The number of rotatable bonds is 6. The maximum Gasteiger partial charge on any atom is 0.125 e. The topological polar surface area (TPSA) is 26.3 Å². The molecular weight excluding hydrogens is 176 g/mol. The second kappa shape index (κ2) is 7.58. The number of carbonyl (C=O) groups excluding carboxylic acids is 1. The van der Waals surface area contributed by atoms with Crippen molar-refractivity contribution in [3.05, 3.63) is 0 Å². The second-order valence-corrected chi connectivity index (χ2v) is 3.48. The van der Waals surface area contributed by atoms with Crippen molar-refractivity contribution in [2.45, 2.75) is 51.6 Å². The van der Waals surface area contributed by atoms with E-state index >= 15 is 0 Å². The Bertz CT molecular complexity index is 252. The lowest BCUT2D eigenvalue weighted by atomic mass is 10.0. The molecule has 0 rings (SSSR count). The van der Waals surface area contributed by atoms with Crippen LogP contribution in [0.25, 0.3) is 0 Å². The van der Waals surface area contributed by atoms with Crippen molar-refractivity contribution in [1.29, 1.82) is 0 Å². The van der Waals surface area contributed by atoms with Gasteiger partial charge in [-0.15, -0.1) is 5.92 Å². The van der Waals surface area contributed by atoms with Crippen molar-refractivity contribution >= 4 is 6.26 Å². The van der Waals surface area contributed by atoms with Crippen LogP contribution in [0, 0.1) is 11.8 Å². The van der Waals surface area contributed by atoms with E-state index in [1.807, 2.05) is 6.92 Å². The Morgan fingerprint density at radius 2 is 2.36 bits per heavy atom. The van der Waals surface area contributed by atoms with Crippen molar-refractivity contribution in [2.75, 3.05) is 7.11 Å². The zero-order valence-electron chi connectivity index (χ0n) is 10.4. The highest BCUT2D eigenvalue weighted by molar-refractivity contribution is 5.49. The Labute approximate surface area is 88.4 Å². The van der Waals surface area contributed by atoms with Gasteiger partial charge in [-0.2, -0.15) is 0 Å². The van der Waals surface area contributed by atoms with Crippen LogP contribution in [0.1, 0.15) is 47.3 Å². The first kappa shape index (κ1) is 11.3. The van der Waals surface area contributed by atoms with Crippen molar-refractivity contribution in [3.8, 4) is 11.8 Å². The number of ether oxygens (including phenoxy) is 1. The van der Waals surface area contributed by atoms with Gasteiger partial charge in [-0.25, -0.2) is 0 Å². The molecule has 0 spiro atoms. The van der Waals surface area contributed by atoms with Gasteiger partial charge in [-0.1, -0.05) is 19.3 Å². The lowest BCUT2D eigenvalue weighted by Crippen LogP contribution is -2.25. The monoisotopic (exact) mass is 197 g/mol. The molecule has 14 heavy (non-hydrogen) atoms. The summed E-state index contributed by atoms with van der Waals surface area (Å²) in [6.45, 7) is 3.98. The smallest absolute Gasteiger partial charge is 0.125 e. The summed E-state index contributed by atoms with van der Waals surface area (Å²) >= 11 is 0. The van der Waals surface area contributed by atoms with E-state index in [2.05, 4.69) is 18.8 Å². The molecule has 0 heterocycles. The van der Waals surface area contributed by atoms with Gasteiger partial charge in [0, 0.05) is 20.0 Å². The number of carbonyl (C=O) groups is 1. The zero-order valence-corrected chi connectivity index (χ0v) is 9.35. The van der Waals surface area contributed by atoms with Crippen LogP contribution in [-0.2, 0) is 9.53 Å². The number of hydrogen-bond acceptors (Lipinski definition) is 2. The SMILES string of the molecule is [2H]C(=O)CCC(C)(C#CCCCC)OC. The van der Waals surface area contributed by atoms with Crippen LogP contribution in [-0.4, -0.2) is 19.0 Å². The maximum absolute atomic E-state index is 10.5. The van der Waals surface area contributed by atoms with Gasteiger partial charge in [0.1, 0.15) is 13.2 Å². The fraction of sp³-hybridized carbons (Fsp3) is 0.750. The van der Waals surface area contributed by atoms with E-state index in [0.717, 1.165) is 19.3 Å². The summed E-state index contributed by atoms with van der Waals surface area (Å²) in [6.07, 6.45) is 3.21.